The summed E-state index contributed by atoms with van der Waals surface area (Å²) in [5.74, 6) is 0. The number of piperidine rings is 1. The van der Waals surface area contributed by atoms with Gasteiger partial charge in [-0.25, -0.2) is 0 Å². The van der Waals surface area contributed by atoms with Gasteiger partial charge in [0.05, 0.1) is 0 Å². The molecule has 0 bridgehead atoms. The van der Waals surface area contributed by atoms with Gasteiger partial charge in [-0.15, -0.1) is 0 Å². The molecule has 2 aliphatic heterocycles. The standard InChI is InChI=1S/C15H28N2O/c1-15(6-9-18-10-7-15)12-17-8-2-3-14(11-17)16-13-4-5-13/h13-14,16H,2-12H2,1H3. The lowest BCUT2D eigenvalue weighted by Gasteiger charge is -2.41. The molecule has 1 N–H and O–H groups in total. The van der Waals surface area contributed by atoms with Crippen LogP contribution in [0.2, 0.25) is 0 Å². The topological polar surface area (TPSA) is 24.5 Å². The number of hydrogen-bond acceptors (Lipinski definition) is 3. The Morgan fingerprint density at radius 3 is 2.67 bits per heavy atom. The van der Waals surface area contributed by atoms with Gasteiger partial charge in [0.2, 0.25) is 0 Å². The van der Waals surface area contributed by atoms with Gasteiger partial charge in [0.1, 0.15) is 0 Å². The summed E-state index contributed by atoms with van der Waals surface area (Å²) in [6.45, 7) is 8.24. The SMILES string of the molecule is CC1(CN2CCCC(NC3CC3)C2)CCOCC1. The first kappa shape index (κ1) is 12.9. The highest BCUT2D eigenvalue weighted by Gasteiger charge is 2.33. The third-order valence-electron chi connectivity index (χ3n) is 4.86. The minimum atomic E-state index is 0.500. The van der Waals surface area contributed by atoms with Crippen molar-refractivity contribution >= 4 is 0 Å². The van der Waals surface area contributed by atoms with Gasteiger partial charge in [0, 0.05) is 38.4 Å². The molecule has 1 unspecified atom stereocenters. The molecule has 3 rings (SSSR count). The van der Waals surface area contributed by atoms with Crippen molar-refractivity contribution < 1.29 is 4.74 Å². The van der Waals surface area contributed by atoms with Crippen molar-refractivity contribution in [3.63, 3.8) is 0 Å². The van der Waals surface area contributed by atoms with E-state index in [0.717, 1.165) is 25.3 Å². The predicted octanol–water partition coefficient (Wildman–Crippen LogP) is 2.02. The maximum absolute atomic E-state index is 5.51. The van der Waals surface area contributed by atoms with Crippen LogP contribution in [-0.2, 0) is 4.74 Å². The molecule has 0 aromatic rings. The van der Waals surface area contributed by atoms with Crippen LogP contribution in [0.5, 0.6) is 0 Å². The Bertz CT molecular complexity index is 272. The van der Waals surface area contributed by atoms with E-state index >= 15 is 0 Å². The molecule has 2 saturated heterocycles. The number of nitrogens with zero attached hydrogens (tertiary/aromatic N) is 1. The molecule has 18 heavy (non-hydrogen) atoms. The third-order valence-corrected chi connectivity index (χ3v) is 4.86. The van der Waals surface area contributed by atoms with Crippen LogP contribution in [0.15, 0.2) is 0 Å². The van der Waals surface area contributed by atoms with E-state index in [1.165, 1.54) is 58.2 Å². The fourth-order valence-corrected chi connectivity index (χ4v) is 3.48. The number of ether oxygens (including phenoxy) is 1. The smallest absolute Gasteiger partial charge is 0.0471 e. The second-order valence-corrected chi connectivity index (χ2v) is 6.94. The zero-order valence-corrected chi connectivity index (χ0v) is 11.8. The van der Waals surface area contributed by atoms with Gasteiger partial charge in [-0.1, -0.05) is 6.92 Å². The van der Waals surface area contributed by atoms with Crippen molar-refractivity contribution in [1.29, 1.82) is 0 Å². The highest BCUT2D eigenvalue weighted by atomic mass is 16.5. The fraction of sp³-hybridized carbons (Fsp3) is 1.00. The van der Waals surface area contributed by atoms with Gasteiger partial charge in [-0.3, -0.25) is 0 Å². The van der Waals surface area contributed by atoms with E-state index in [1.807, 2.05) is 0 Å². The monoisotopic (exact) mass is 252 g/mol. The first-order valence-electron chi connectivity index (χ1n) is 7.80. The lowest BCUT2D eigenvalue weighted by Crippen LogP contribution is -2.50. The molecule has 104 valence electrons. The van der Waals surface area contributed by atoms with Crippen LogP contribution in [-0.4, -0.2) is 49.8 Å². The van der Waals surface area contributed by atoms with Crippen LogP contribution in [0.1, 0.15) is 45.4 Å². The minimum Gasteiger partial charge on any atom is -0.381 e. The van der Waals surface area contributed by atoms with E-state index in [2.05, 4.69) is 17.1 Å². The summed E-state index contributed by atoms with van der Waals surface area (Å²) in [5.41, 5.74) is 0.500. The highest BCUT2D eigenvalue weighted by molar-refractivity contribution is 4.90. The van der Waals surface area contributed by atoms with Gasteiger partial charge in [0.15, 0.2) is 0 Å². The minimum absolute atomic E-state index is 0.500. The summed E-state index contributed by atoms with van der Waals surface area (Å²) < 4.78 is 5.51. The van der Waals surface area contributed by atoms with E-state index in [1.54, 1.807) is 0 Å². The molecule has 1 atom stereocenters. The van der Waals surface area contributed by atoms with Crippen LogP contribution in [0.4, 0.5) is 0 Å². The lowest BCUT2D eigenvalue weighted by atomic mass is 9.81. The van der Waals surface area contributed by atoms with Crippen molar-refractivity contribution in [2.75, 3.05) is 32.8 Å². The number of rotatable bonds is 4. The molecule has 3 heteroatoms. The van der Waals surface area contributed by atoms with Gasteiger partial charge >= 0.3 is 0 Å². The highest BCUT2D eigenvalue weighted by Crippen LogP contribution is 2.32. The van der Waals surface area contributed by atoms with Gasteiger partial charge in [-0.2, -0.15) is 0 Å². The van der Waals surface area contributed by atoms with Crippen molar-refractivity contribution in [2.24, 2.45) is 5.41 Å². The van der Waals surface area contributed by atoms with Gasteiger partial charge in [-0.05, 0) is 50.5 Å². The van der Waals surface area contributed by atoms with Crippen molar-refractivity contribution in [3.8, 4) is 0 Å². The van der Waals surface area contributed by atoms with Gasteiger partial charge in [0.25, 0.3) is 0 Å². The van der Waals surface area contributed by atoms with Crippen molar-refractivity contribution in [2.45, 2.75) is 57.5 Å². The Balaban J connectivity index is 1.48. The molecule has 1 saturated carbocycles. The zero-order valence-electron chi connectivity index (χ0n) is 11.8. The van der Waals surface area contributed by atoms with Crippen LogP contribution < -0.4 is 5.32 Å². The summed E-state index contributed by atoms with van der Waals surface area (Å²) in [7, 11) is 0. The molecule has 2 heterocycles. The summed E-state index contributed by atoms with van der Waals surface area (Å²) >= 11 is 0. The predicted molar refractivity (Wildman–Crippen MR) is 73.8 cm³/mol. The Labute approximate surface area is 111 Å². The van der Waals surface area contributed by atoms with Crippen LogP contribution in [0.3, 0.4) is 0 Å². The Hall–Kier alpha value is -0.120. The molecule has 0 spiro atoms. The molecule has 1 aliphatic carbocycles. The van der Waals surface area contributed by atoms with Crippen molar-refractivity contribution in [3.05, 3.63) is 0 Å². The normalized spacial score (nSPS) is 33.5. The molecule has 3 fully saturated rings. The van der Waals surface area contributed by atoms with E-state index in [0.29, 0.717) is 5.41 Å². The molecule has 0 aromatic heterocycles. The molecule has 0 radical (unpaired) electrons. The summed E-state index contributed by atoms with van der Waals surface area (Å²) in [6.07, 6.45) is 8.05. The Kier molecular flexibility index (Phi) is 3.92. The van der Waals surface area contributed by atoms with Crippen LogP contribution in [0.25, 0.3) is 0 Å². The van der Waals surface area contributed by atoms with E-state index in [-0.39, 0.29) is 0 Å². The average molecular weight is 252 g/mol. The van der Waals surface area contributed by atoms with E-state index in [4.69, 9.17) is 4.74 Å². The summed E-state index contributed by atoms with van der Waals surface area (Å²) in [4.78, 5) is 2.70. The van der Waals surface area contributed by atoms with Gasteiger partial charge < -0.3 is 15.0 Å². The summed E-state index contributed by atoms with van der Waals surface area (Å²) in [6, 6.07) is 1.61. The Morgan fingerprint density at radius 2 is 1.94 bits per heavy atom. The maximum Gasteiger partial charge on any atom is 0.0471 e. The molecule has 0 aromatic carbocycles. The largest absolute Gasteiger partial charge is 0.381 e. The first-order chi connectivity index (χ1) is 8.73. The Morgan fingerprint density at radius 1 is 1.17 bits per heavy atom. The molecular formula is C15H28N2O. The first-order valence-corrected chi connectivity index (χ1v) is 7.80. The number of hydrogen-bond donors (Lipinski definition) is 1. The van der Waals surface area contributed by atoms with Crippen LogP contribution >= 0.6 is 0 Å². The fourth-order valence-electron chi connectivity index (χ4n) is 3.48. The lowest BCUT2D eigenvalue weighted by molar-refractivity contribution is -0.0000397. The second-order valence-electron chi connectivity index (χ2n) is 6.94. The van der Waals surface area contributed by atoms with Crippen molar-refractivity contribution in [1.82, 2.24) is 10.2 Å². The average Bonchev–Trinajstić information content (AvgIpc) is 3.14. The zero-order chi connectivity index (χ0) is 12.4. The third kappa shape index (κ3) is 3.46. The van der Waals surface area contributed by atoms with Crippen LogP contribution in [0, 0.1) is 5.41 Å². The molecule has 3 aliphatic rings. The second kappa shape index (κ2) is 5.48. The maximum atomic E-state index is 5.51. The molecule has 0 amide bonds. The molecule has 3 nitrogen and oxygen atoms in total. The van der Waals surface area contributed by atoms with E-state index < -0.39 is 0 Å². The number of likely N-dealkylation sites (tertiary alicyclic amines) is 1. The number of nitrogens with one attached hydrogen (secondary N) is 1. The molecular weight excluding hydrogens is 224 g/mol. The quantitative estimate of drug-likeness (QED) is 0.828. The van der Waals surface area contributed by atoms with E-state index in [9.17, 15) is 0 Å². The summed E-state index contributed by atoms with van der Waals surface area (Å²) in [5, 5.41) is 3.81.